The molecule has 2 aromatic rings. The Morgan fingerprint density at radius 1 is 1.30 bits per heavy atom. The zero-order chi connectivity index (χ0) is 19.3. The van der Waals surface area contributed by atoms with Crippen LogP contribution in [0, 0.1) is 0 Å². The average molecular weight is 373 g/mol. The maximum atomic E-state index is 13.3. The molecule has 8 heteroatoms. The van der Waals surface area contributed by atoms with Crippen molar-refractivity contribution in [2.75, 3.05) is 13.1 Å². The number of rotatable bonds is 4. The van der Waals surface area contributed by atoms with E-state index in [-0.39, 0.29) is 37.8 Å². The minimum Gasteiger partial charge on any atom is -0.479 e. The van der Waals surface area contributed by atoms with Crippen molar-refractivity contribution in [2.24, 2.45) is 0 Å². The van der Waals surface area contributed by atoms with Gasteiger partial charge in [-0.25, -0.2) is 9.78 Å². The fourth-order valence-electron chi connectivity index (χ4n) is 3.61. The lowest BCUT2D eigenvalue weighted by molar-refractivity contribution is -0.162. The summed E-state index contributed by atoms with van der Waals surface area (Å²) in [5.41, 5.74) is 0.667. The number of aliphatic hydroxyl groups is 1. The highest BCUT2D eigenvalue weighted by atomic mass is 16.5. The fourth-order valence-corrected chi connectivity index (χ4v) is 3.61. The van der Waals surface area contributed by atoms with Crippen LogP contribution in [0.15, 0.2) is 10.6 Å². The van der Waals surface area contributed by atoms with Gasteiger partial charge in [-0.1, -0.05) is 19.0 Å². The number of carbonyl (C=O) groups excluding carboxylic acids is 1. The van der Waals surface area contributed by atoms with Crippen molar-refractivity contribution >= 4 is 23.0 Å². The number of hydrogen-bond donors (Lipinski definition) is 2. The predicted molar refractivity (Wildman–Crippen MR) is 95.6 cm³/mol. The maximum absolute atomic E-state index is 13.3. The summed E-state index contributed by atoms with van der Waals surface area (Å²) in [4.78, 5) is 30.6. The van der Waals surface area contributed by atoms with Gasteiger partial charge >= 0.3 is 5.97 Å². The van der Waals surface area contributed by atoms with Crippen LogP contribution in [0.4, 0.5) is 0 Å². The van der Waals surface area contributed by atoms with E-state index in [1.807, 2.05) is 19.9 Å². The Hall–Kier alpha value is -2.48. The minimum absolute atomic E-state index is 0.0124. The first-order chi connectivity index (χ1) is 12.8. The molecule has 2 aliphatic rings. The smallest absolute Gasteiger partial charge is 0.335 e. The molecule has 0 atom stereocenters. The number of aliphatic carboxylic acids is 1. The summed E-state index contributed by atoms with van der Waals surface area (Å²) in [5.74, 6) is -1.00. The molecular weight excluding hydrogens is 350 g/mol. The number of carbonyl (C=O) groups is 2. The molecular formula is C19H23N3O5. The van der Waals surface area contributed by atoms with Crippen molar-refractivity contribution in [3.8, 4) is 0 Å². The van der Waals surface area contributed by atoms with Crippen molar-refractivity contribution in [2.45, 2.75) is 57.0 Å². The van der Waals surface area contributed by atoms with E-state index < -0.39 is 11.6 Å². The molecule has 0 aromatic carbocycles. The van der Waals surface area contributed by atoms with Gasteiger partial charge in [0.05, 0.1) is 16.6 Å². The number of pyridine rings is 1. The van der Waals surface area contributed by atoms with Gasteiger partial charge < -0.3 is 19.6 Å². The molecule has 0 unspecified atom stereocenters. The Labute approximate surface area is 156 Å². The van der Waals surface area contributed by atoms with E-state index in [2.05, 4.69) is 10.1 Å². The highest BCUT2D eigenvalue weighted by molar-refractivity contribution is 6.06. The Morgan fingerprint density at radius 3 is 2.52 bits per heavy atom. The van der Waals surface area contributed by atoms with Crippen molar-refractivity contribution in [3.05, 3.63) is 23.0 Å². The van der Waals surface area contributed by atoms with E-state index in [1.54, 1.807) is 4.90 Å². The second kappa shape index (κ2) is 6.30. The van der Waals surface area contributed by atoms with Crippen molar-refractivity contribution in [1.29, 1.82) is 0 Å². The summed E-state index contributed by atoms with van der Waals surface area (Å²) < 4.78 is 5.42. The molecule has 3 heterocycles. The van der Waals surface area contributed by atoms with E-state index in [9.17, 15) is 19.8 Å². The third-order valence-electron chi connectivity index (χ3n) is 5.54. The Kier molecular flexibility index (Phi) is 4.18. The number of amides is 1. The van der Waals surface area contributed by atoms with Crippen LogP contribution in [-0.2, 0) is 4.79 Å². The molecule has 8 nitrogen and oxygen atoms in total. The number of hydrogen-bond acceptors (Lipinski definition) is 6. The SMILES string of the molecule is CC(C)c1noc2nc(C3CC3)cc(C(=O)N3CCC(O)(C(=O)O)CC3)c12. The average Bonchev–Trinajstić information content (AvgIpc) is 3.39. The topological polar surface area (TPSA) is 117 Å². The number of carboxylic acid groups (broad SMARTS) is 1. The highest BCUT2D eigenvalue weighted by Gasteiger charge is 2.41. The van der Waals surface area contributed by atoms with Gasteiger partial charge in [-0.05, 0) is 24.8 Å². The number of nitrogens with zero attached hydrogens (tertiary/aromatic N) is 3. The molecule has 27 heavy (non-hydrogen) atoms. The molecule has 1 aliphatic heterocycles. The monoisotopic (exact) mass is 373 g/mol. The van der Waals surface area contributed by atoms with Crippen molar-refractivity contribution in [3.63, 3.8) is 0 Å². The summed E-state index contributed by atoms with van der Waals surface area (Å²) in [6.45, 7) is 4.33. The van der Waals surface area contributed by atoms with Crippen LogP contribution >= 0.6 is 0 Å². The predicted octanol–water partition coefficient (Wildman–Crippen LogP) is 2.28. The molecule has 0 spiro atoms. The number of carboxylic acids is 1. The maximum Gasteiger partial charge on any atom is 0.335 e. The first-order valence-electron chi connectivity index (χ1n) is 9.35. The van der Waals surface area contributed by atoms with Crippen molar-refractivity contribution < 1.29 is 24.3 Å². The van der Waals surface area contributed by atoms with Gasteiger partial charge in [0, 0.05) is 37.5 Å². The van der Waals surface area contributed by atoms with E-state index in [0.29, 0.717) is 28.3 Å². The lowest BCUT2D eigenvalue weighted by Gasteiger charge is -2.35. The van der Waals surface area contributed by atoms with Crippen LogP contribution in [0.2, 0.25) is 0 Å². The molecule has 1 saturated heterocycles. The molecule has 4 rings (SSSR count). The van der Waals surface area contributed by atoms with E-state index in [1.165, 1.54) is 0 Å². The summed E-state index contributed by atoms with van der Waals surface area (Å²) in [6.07, 6.45) is 2.12. The molecule has 1 aliphatic carbocycles. The van der Waals surface area contributed by atoms with E-state index in [4.69, 9.17) is 4.52 Å². The molecule has 144 valence electrons. The first kappa shape index (κ1) is 17.9. The highest BCUT2D eigenvalue weighted by Crippen LogP contribution is 2.41. The summed E-state index contributed by atoms with van der Waals surface area (Å²) in [7, 11) is 0. The van der Waals surface area contributed by atoms with Gasteiger partial charge in [0.25, 0.3) is 11.6 Å². The first-order valence-corrected chi connectivity index (χ1v) is 9.35. The van der Waals surface area contributed by atoms with Crippen LogP contribution < -0.4 is 0 Å². The summed E-state index contributed by atoms with van der Waals surface area (Å²) in [6, 6.07) is 1.84. The molecule has 2 N–H and O–H groups in total. The zero-order valence-corrected chi connectivity index (χ0v) is 15.4. The van der Waals surface area contributed by atoms with Gasteiger partial charge in [0.1, 0.15) is 0 Å². The van der Waals surface area contributed by atoms with Crippen LogP contribution in [-0.4, -0.2) is 55.8 Å². The van der Waals surface area contributed by atoms with Gasteiger partial charge in [-0.3, -0.25) is 4.79 Å². The largest absolute Gasteiger partial charge is 0.479 e. The number of aromatic nitrogens is 2. The fraction of sp³-hybridized carbons (Fsp3) is 0.579. The molecule has 0 radical (unpaired) electrons. The quantitative estimate of drug-likeness (QED) is 0.844. The van der Waals surface area contributed by atoms with E-state index in [0.717, 1.165) is 18.5 Å². The number of fused-ring (bicyclic) bond motifs is 1. The van der Waals surface area contributed by atoms with Gasteiger partial charge in [-0.2, -0.15) is 0 Å². The second-order valence-corrected chi connectivity index (χ2v) is 7.90. The van der Waals surface area contributed by atoms with Gasteiger partial charge in [0.2, 0.25) is 0 Å². The van der Waals surface area contributed by atoms with Gasteiger partial charge in [0.15, 0.2) is 5.60 Å². The summed E-state index contributed by atoms with van der Waals surface area (Å²) >= 11 is 0. The normalized spacial score (nSPS) is 19.6. The zero-order valence-electron chi connectivity index (χ0n) is 15.4. The third kappa shape index (κ3) is 3.07. The molecule has 0 bridgehead atoms. The lowest BCUT2D eigenvalue weighted by atomic mass is 9.91. The Morgan fingerprint density at radius 2 is 1.96 bits per heavy atom. The molecule has 2 fully saturated rings. The standard InChI is InChI=1S/C19H23N3O5/c1-10(2)15-14-12(9-13(11-3-4-11)20-16(14)27-21-15)17(23)22-7-5-19(26,6-8-22)18(24)25/h9-11,26H,3-8H2,1-2H3,(H,24,25). The van der Waals surface area contributed by atoms with Crippen LogP contribution in [0.3, 0.4) is 0 Å². The Balaban J connectivity index is 1.70. The molecule has 1 saturated carbocycles. The number of likely N-dealkylation sites (tertiary alicyclic amines) is 1. The second-order valence-electron chi connectivity index (χ2n) is 7.90. The third-order valence-corrected chi connectivity index (χ3v) is 5.54. The van der Waals surface area contributed by atoms with Crippen LogP contribution in [0.5, 0.6) is 0 Å². The summed E-state index contributed by atoms with van der Waals surface area (Å²) in [5, 5.41) is 24.1. The van der Waals surface area contributed by atoms with Crippen LogP contribution in [0.1, 0.15) is 73.1 Å². The lowest BCUT2D eigenvalue weighted by Crippen LogP contribution is -2.50. The van der Waals surface area contributed by atoms with Crippen molar-refractivity contribution in [1.82, 2.24) is 15.0 Å². The Bertz CT molecular complexity index is 907. The molecule has 2 aromatic heterocycles. The van der Waals surface area contributed by atoms with E-state index >= 15 is 0 Å². The number of piperidine rings is 1. The minimum atomic E-state index is -1.76. The van der Waals surface area contributed by atoms with Gasteiger partial charge in [-0.15, -0.1) is 0 Å². The molecule has 1 amide bonds. The van der Waals surface area contributed by atoms with Crippen LogP contribution in [0.25, 0.3) is 11.1 Å².